The minimum absolute atomic E-state index is 0.0977. The molecule has 2 aromatic carbocycles. The molecule has 0 atom stereocenters. The van der Waals surface area contributed by atoms with Gasteiger partial charge in [0.2, 0.25) is 0 Å². The van der Waals surface area contributed by atoms with Gasteiger partial charge in [-0.05, 0) is 29.8 Å². The van der Waals surface area contributed by atoms with Crippen molar-refractivity contribution in [3.05, 3.63) is 57.8 Å². The van der Waals surface area contributed by atoms with Crippen molar-refractivity contribution in [3.8, 4) is 11.5 Å². The van der Waals surface area contributed by atoms with Crippen LogP contribution in [0.4, 0.5) is 4.39 Å². The van der Waals surface area contributed by atoms with E-state index in [0.29, 0.717) is 21.5 Å². The predicted octanol–water partition coefficient (Wildman–Crippen LogP) is 4.03. The maximum Gasteiger partial charge on any atom is 0.167 e. The van der Waals surface area contributed by atoms with Gasteiger partial charge in [-0.25, -0.2) is 4.39 Å². The molecule has 0 aliphatic heterocycles. The SMILES string of the molecule is COc1cc(OC)cc(C(=O)Cc2ccc(F)cc2Br)c1. The average molecular weight is 353 g/mol. The number of hydrogen-bond acceptors (Lipinski definition) is 3. The highest BCUT2D eigenvalue weighted by Crippen LogP contribution is 2.25. The molecule has 2 rings (SSSR count). The first-order chi connectivity index (χ1) is 10.0. The Balaban J connectivity index is 2.27. The number of carbonyl (C=O) groups is 1. The third-order valence-corrected chi connectivity index (χ3v) is 3.78. The quantitative estimate of drug-likeness (QED) is 0.762. The third kappa shape index (κ3) is 3.82. The fourth-order valence-corrected chi connectivity index (χ4v) is 2.40. The third-order valence-electron chi connectivity index (χ3n) is 3.04. The summed E-state index contributed by atoms with van der Waals surface area (Å²) in [6, 6.07) is 9.28. The van der Waals surface area contributed by atoms with Crippen LogP contribution in [0, 0.1) is 5.82 Å². The fourth-order valence-electron chi connectivity index (χ4n) is 1.91. The summed E-state index contributed by atoms with van der Waals surface area (Å²) < 4.78 is 23.9. The molecular weight excluding hydrogens is 339 g/mol. The van der Waals surface area contributed by atoms with E-state index in [1.165, 1.54) is 26.4 Å². The van der Waals surface area contributed by atoms with Gasteiger partial charge in [-0.1, -0.05) is 22.0 Å². The summed E-state index contributed by atoms with van der Waals surface area (Å²) in [4.78, 5) is 12.4. The minimum atomic E-state index is -0.346. The van der Waals surface area contributed by atoms with Gasteiger partial charge in [-0.2, -0.15) is 0 Å². The summed E-state index contributed by atoms with van der Waals surface area (Å²) >= 11 is 3.26. The fraction of sp³-hybridized carbons (Fsp3) is 0.188. The molecule has 110 valence electrons. The molecule has 21 heavy (non-hydrogen) atoms. The van der Waals surface area contributed by atoms with Gasteiger partial charge >= 0.3 is 0 Å². The molecule has 0 aliphatic carbocycles. The lowest BCUT2D eigenvalue weighted by molar-refractivity contribution is 0.0992. The molecule has 2 aromatic rings. The number of ether oxygens (including phenoxy) is 2. The van der Waals surface area contributed by atoms with E-state index in [9.17, 15) is 9.18 Å². The topological polar surface area (TPSA) is 35.5 Å². The predicted molar refractivity (Wildman–Crippen MR) is 81.7 cm³/mol. The number of ketones is 1. The first kappa shape index (κ1) is 15.5. The molecule has 0 aliphatic rings. The summed E-state index contributed by atoms with van der Waals surface area (Å²) in [5.41, 5.74) is 1.21. The molecule has 0 unspecified atom stereocenters. The monoisotopic (exact) mass is 352 g/mol. The van der Waals surface area contributed by atoms with Crippen LogP contribution in [0.3, 0.4) is 0 Å². The van der Waals surface area contributed by atoms with Crippen LogP contribution in [-0.2, 0) is 6.42 Å². The largest absolute Gasteiger partial charge is 0.497 e. The van der Waals surface area contributed by atoms with Crippen LogP contribution in [-0.4, -0.2) is 20.0 Å². The summed E-state index contributed by atoms with van der Waals surface area (Å²) in [6.07, 6.45) is 0.164. The number of methoxy groups -OCH3 is 2. The highest BCUT2D eigenvalue weighted by molar-refractivity contribution is 9.10. The van der Waals surface area contributed by atoms with Gasteiger partial charge in [-0.15, -0.1) is 0 Å². The van der Waals surface area contributed by atoms with Gasteiger partial charge in [-0.3, -0.25) is 4.79 Å². The van der Waals surface area contributed by atoms with Gasteiger partial charge in [0.15, 0.2) is 5.78 Å². The zero-order valence-corrected chi connectivity index (χ0v) is 13.2. The van der Waals surface area contributed by atoms with E-state index >= 15 is 0 Å². The lowest BCUT2D eigenvalue weighted by atomic mass is 10.0. The van der Waals surface area contributed by atoms with E-state index in [-0.39, 0.29) is 18.0 Å². The van der Waals surface area contributed by atoms with Gasteiger partial charge in [0, 0.05) is 22.5 Å². The van der Waals surface area contributed by atoms with E-state index in [4.69, 9.17) is 9.47 Å². The molecule has 3 nitrogen and oxygen atoms in total. The van der Waals surface area contributed by atoms with Gasteiger partial charge in [0.05, 0.1) is 14.2 Å². The normalized spacial score (nSPS) is 10.3. The van der Waals surface area contributed by atoms with Crippen LogP contribution in [0.25, 0.3) is 0 Å². The first-order valence-electron chi connectivity index (χ1n) is 6.23. The number of Topliss-reactive ketones (excluding diaryl/α,β-unsaturated/α-hetero) is 1. The number of benzene rings is 2. The number of rotatable bonds is 5. The lowest BCUT2D eigenvalue weighted by Crippen LogP contribution is -2.05. The van der Waals surface area contributed by atoms with E-state index < -0.39 is 0 Å². The van der Waals surface area contributed by atoms with Crippen LogP contribution in [0.2, 0.25) is 0 Å². The second-order valence-corrected chi connectivity index (χ2v) is 5.29. The molecule has 0 aromatic heterocycles. The van der Waals surface area contributed by atoms with E-state index in [0.717, 1.165) is 5.56 Å². The van der Waals surface area contributed by atoms with Crippen LogP contribution in [0.15, 0.2) is 40.9 Å². The van der Waals surface area contributed by atoms with Gasteiger partial charge < -0.3 is 9.47 Å². The second-order valence-electron chi connectivity index (χ2n) is 4.44. The van der Waals surface area contributed by atoms with Gasteiger partial charge in [0.25, 0.3) is 0 Å². The van der Waals surface area contributed by atoms with Crippen molar-refractivity contribution in [3.63, 3.8) is 0 Å². The molecule has 0 amide bonds. The summed E-state index contributed by atoms with van der Waals surface area (Å²) in [5.74, 6) is 0.660. The Morgan fingerprint density at radius 3 is 2.24 bits per heavy atom. The molecule has 0 radical (unpaired) electrons. The van der Waals surface area contributed by atoms with Crippen LogP contribution < -0.4 is 9.47 Å². The van der Waals surface area contributed by atoms with Crippen molar-refractivity contribution in [1.29, 1.82) is 0 Å². The number of carbonyl (C=O) groups excluding carboxylic acids is 1. The zero-order valence-electron chi connectivity index (χ0n) is 11.7. The lowest BCUT2D eigenvalue weighted by Gasteiger charge is -2.09. The Labute approximate surface area is 130 Å². The Morgan fingerprint density at radius 1 is 1.10 bits per heavy atom. The molecular formula is C16H14BrFO3. The average Bonchev–Trinajstić information content (AvgIpc) is 2.49. The summed E-state index contributed by atoms with van der Waals surface area (Å²) in [6.45, 7) is 0. The van der Waals surface area contributed by atoms with E-state index in [1.807, 2.05) is 0 Å². The molecule has 0 heterocycles. The van der Waals surface area contributed by atoms with Crippen LogP contribution >= 0.6 is 15.9 Å². The van der Waals surface area contributed by atoms with Crippen LogP contribution in [0.5, 0.6) is 11.5 Å². The van der Waals surface area contributed by atoms with Crippen molar-refractivity contribution in [2.45, 2.75) is 6.42 Å². The molecule has 0 bridgehead atoms. The van der Waals surface area contributed by atoms with Gasteiger partial charge in [0.1, 0.15) is 17.3 Å². The maximum absolute atomic E-state index is 13.1. The smallest absolute Gasteiger partial charge is 0.167 e. The Morgan fingerprint density at radius 2 is 1.71 bits per heavy atom. The molecule has 0 N–H and O–H groups in total. The van der Waals surface area contributed by atoms with Crippen molar-refractivity contribution >= 4 is 21.7 Å². The summed E-state index contributed by atoms with van der Waals surface area (Å²) in [5, 5.41) is 0. The van der Waals surface area contributed by atoms with Crippen molar-refractivity contribution in [2.75, 3.05) is 14.2 Å². The Kier molecular flexibility index (Phi) is 4.96. The molecule has 0 saturated carbocycles. The highest BCUT2D eigenvalue weighted by atomic mass is 79.9. The van der Waals surface area contributed by atoms with Crippen molar-refractivity contribution in [2.24, 2.45) is 0 Å². The Hall–Kier alpha value is -1.88. The van der Waals surface area contributed by atoms with E-state index in [2.05, 4.69) is 15.9 Å². The zero-order chi connectivity index (χ0) is 15.4. The molecule has 0 spiro atoms. The molecule has 5 heteroatoms. The highest BCUT2D eigenvalue weighted by Gasteiger charge is 2.13. The number of halogens is 2. The van der Waals surface area contributed by atoms with Crippen molar-refractivity contribution in [1.82, 2.24) is 0 Å². The standard InChI is InChI=1S/C16H14BrFO3/c1-20-13-5-11(6-14(9-13)21-2)16(19)7-10-3-4-12(18)8-15(10)17/h3-6,8-9H,7H2,1-2H3. The Bertz CT molecular complexity index is 648. The second kappa shape index (κ2) is 6.72. The number of hydrogen-bond donors (Lipinski definition) is 0. The van der Waals surface area contributed by atoms with Crippen LogP contribution in [0.1, 0.15) is 15.9 Å². The van der Waals surface area contributed by atoms with E-state index in [1.54, 1.807) is 24.3 Å². The first-order valence-corrected chi connectivity index (χ1v) is 7.03. The molecule has 0 saturated heterocycles. The maximum atomic E-state index is 13.1. The van der Waals surface area contributed by atoms with Crippen molar-refractivity contribution < 1.29 is 18.7 Å². The summed E-state index contributed by atoms with van der Waals surface area (Å²) in [7, 11) is 3.05. The minimum Gasteiger partial charge on any atom is -0.497 e. The molecule has 0 fully saturated rings.